The summed E-state index contributed by atoms with van der Waals surface area (Å²) in [6.07, 6.45) is 0. The first-order valence-electron chi connectivity index (χ1n) is 18.6. The smallest absolute Gasteiger partial charge is 0.221 e. The molecule has 0 aliphatic rings. The zero-order valence-corrected chi connectivity index (χ0v) is 36.0. The molecule has 0 aromatic heterocycles. The standard InChI is InChI=1S/C26H23BrO4.C24H17BrO3/c1-28-25-11-5-18-16-21(6-4-19(18)17-25)26(29-2,30-3)20-7-12-23(13-8-20)31-24-14-9-22(27)10-15-24;1-27-23-11-6-17-14-19(3-2-18(17)15-23)24(26)16-4-9-21(10-5-16)28-22-12-7-20(25)8-13-22/h4-17H,1-3H3;2-15H,1H3. The molecular formula is C50H40Br2O7. The van der Waals surface area contributed by atoms with Crippen LogP contribution < -0.4 is 18.9 Å². The fourth-order valence-corrected chi connectivity index (χ4v) is 7.16. The number of fused-ring (bicyclic) bond motifs is 2. The highest BCUT2D eigenvalue weighted by molar-refractivity contribution is 9.10. The van der Waals surface area contributed by atoms with Crippen molar-refractivity contribution in [2.45, 2.75) is 5.79 Å². The van der Waals surface area contributed by atoms with E-state index in [1.165, 1.54) is 0 Å². The van der Waals surface area contributed by atoms with Gasteiger partial charge in [-0.15, -0.1) is 0 Å². The molecule has 0 amide bonds. The molecule has 0 fully saturated rings. The monoisotopic (exact) mass is 910 g/mol. The van der Waals surface area contributed by atoms with Crippen molar-refractivity contribution in [3.8, 4) is 34.5 Å². The van der Waals surface area contributed by atoms with Crippen LogP contribution >= 0.6 is 31.9 Å². The summed E-state index contributed by atoms with van der Waals surface area (Å²) in [6.45, 7) is 0. The summed E-state index contributed by atoms with van der Waals surface area (Å²) in [6, 6.07) is 53.9. The van der Waals surface area contributed by atoms with E-state index in [-0.39, 0.29) is 5.78 Å². The molecule has 0 unspecified atom stereocenters. The lowest BCUT2D eigenvalue weighted by Gasteiger charge is -2.32. The van der Waals surface area contributed by atoms with Crippen molar-refractivity contribution < 1.29 is 33.2 Å². The second kappa shape index (κ2) is 18.7. The molecule has 0 atom stereocenters. The minimum Gasteiger partial charge on any atom is -0.497 e. The van der Waals surface area contributed by atoms with Gasteiger partial charge in [0.25, 0.3) is 0 Å². The molecule has 8 aromatic rings. The Hall–Kier alpha value is -5.97. The highest BCUT2D eigenvalue weighted by atomic mass is 79.9. The SMILES string of the molecule is COc1ccc2cc(C(=O)c3ccc(Oc4ccc(Br)cc4)cc3)ccc2c1.COc1ccc2cc(C(OC)(OC)c3ccc(Oc4ccc(Br)cc4)cc3)ccc2c1. The Morgan fingerprint density at radius 3 is 1.22 bits per heavy atom. The molecular weight excluding hydrogens is 872 g/mol. The second-order valence-electron chi connectivity index (χ2n) is 13.4. The summed E-state index contributed by atoms with van der Waals surface area (Å²) in [5, 5.41) is 4.20. The number of ether oxygens (including phenoxy) is 6. The summed E-state index contributed by atoms with van der Waals surface area (Å²) < 4.78 is 36.2. The first kappa shape index (κ1) is 41.2. The Balaban J connectivity index is 0.000000180. The van der Waals surface area contributed by atoms with Gasteiger partial charge in [-0.3, -0.25) is 4.79 Å². The van der Waals surface area contributed by atoms with Crippen LogP contribution in [-0.2, 0) is 15.3 Å². The van der Waals surface area contributed by atoms with Crippen LogP contribution in [0.3, 0.4) is 0 Å². The van der Waals surface area contributed by atoms with Gasteiger partial charge in [0.05, 0.1) is 14.2 Å². The van der Waals surface area contributed by atoms with Crippen LogP contribution in [0.15, 0.2) is 179 Å². The van der Waals surface area contributed by atoms with Crippen LogP contribution in [0.2, 0.25) is 0 Å². The van der Waals surface area contributed by atoms with E-state index in [1.807, 2.05) is 140 Å². The van der Waals surface area contributed by atoms with Gasteiger partial charge in [0.1, 0.15) is 34.5 Å². The van der Waals surface area contributed by atoms with E-state index >= 15 is 0 Å². The van der Waals surface area contributed by atoms with Crippen molar-refractivity contribution in [3.05, 3.63) is 201 Å². The van der Waals surface area contributed by atoms with Gasteiger partial charge in [0.2, 0.25) is 5.79 Å². The van der Waals surface area contributed by atoms with Crippen LogP contribution in [-0.4, -0.2) is 34.2 Å². The van der Waals surface area contributed by atoms with Crippen molar-refractivity contribution in [3.63, 3.8) is 0 Å². The summed E-state index contributed by atoms with van der Waals surface area (Å²) in [5.41, 5.74) is 3.04. The topological polar surface area (TPSA) is 72.5 Å². The van der Waals surface area contributed by atoms with Gasteiger partial charge in [-0.1, -0.05) is 68.3 Å². The molecule has 7 nitrogen and oxygen atoms in total. The van der Waals surface area contributed by atoms with E-state index in [1.54, 1.807) is 52.7 Å². The van der Waals surface area contributed by atoms with Crippen molar-refractivity contribution in [1.82, 2.24) is 0 Å². The van der Waals surface area contributed by atoms with Crippen molar-refractivity contribution in [1.29, 1.82) is 0 Å². The van der Waals surface area contributed by atoms with Crippen LogP contribution in [0.1, 0.15) is 27.0 Å². The van der Waals surface area contributed by atoms with E-state index in [0.717, 1.165) is 70.4 Å². The summed E-state index contributed by atoms with van der Waals surface area (Å²) in [4.78, 5) is 12.8. The zero-order valence-electron chi connectivity index (χ0n) is 32.8. The van der Waals surface area contributed by atoms with Crippen molar-refractivity contribution in [2.24, 2.45) is 0 Å². The number of methoxy groups -OCH3 is 4. The Morgan fingerprint density at radius 1 is 0.390 bits per heavy atom. The lowest BCUT2D eigenvalue weighted by molar-refractivity contribution is -0.183. The van der Waals surface area contributed by atoms with Crippen LogP contribution in [0.4, 0.5) is 0 Å². The summed E-state index contributed by atoms with van der Waals surface area (Å²) >= 11 is 6.83. The Labute approximate surface area is 360 Å². The predicted octanol–water partition coefficient (Wildman–Crippen LogP) is 13.5. The molecule has 0 bridgehead atoms. The average molecular weight is 913 g/mol. The fraction of sp³-hybridized carbons (Fsp3) is 0.100. The zero-order chi connectivity index (χ0) is 41.4. The molecule has 0 saturated heterocycles. The number of hydrogen-bond donors (Lipinski definition) is 0. The average Bonchev–Trinajstić information content (AvgIpc) is 3.28. The third kappa shape index (κ3) is 9.67. The highest BCUT2D eigenvalue weighted by Gasteiger charge is 2.35. The van der Waals surface area contributed by atoms with Gasteiger partial charge in [0.15, 0.2) is 5.78 Å². The van der Waals surface area contributed by atoms with Crippen LogP contribution in [0.5, 0.6) is 34.5 Å². The van der Waals surface area contributed by atoms with Gasteiger partial charge >= 0.3 is 0 Å². The van der Waals surface area contributed by atoms with Gasteiger partial charge < -0.3 is 28.4 Å². The number of ketones is 1. The maximum atomic E-state index is 12.8. The molecule has 59 heavy (non-hydrogen) atoms. The third-order valence-electron chi connectivity index (χ3n) is 9.76. The van der Waals surface area contributed by atoms with Crippen molar-refractivity contribution in [2.75, 3.05) is 28.4 Å². The molecule has 0 heterocycles. The lowest BCUT2D eigenvalue weighted by atomic mass is 9.94. The Kier molecular flexibility index (Phi) is 13.1. The number of hydrogen-bond acceptors (Lipinski definition) is 7. The number of carbonyl (C=O) groups is 1. The van der Waals surface area contributed by atoms with Gasteiger partial charge in [-0.05, 0) is 155 Å². The minimum absolute atomic E-state index is 0.0205. The lowest BCUT2D eigenvalue weighted by Crippen LogP contribution is -2.32. The second-order valence-corrected chi connectivity index (χ2v) is 15.2. The van der Waals surface area contributed by atoms with E-state index in [2.05, 4.69) is 37.9 Å². The van der Waals surface area contributed by atoms with E-state index in [4.69, 9.17) is 28.4 Å². The number of halogens is 2. The molecule has 0 saturated carbocycles. The van der Waals surface area contributed by atoms with Gasteiger partial charge in [0, 0.05) is 45.4 Å². The highest BCUT2D eigenvalue weighted by Crippen LogP contribution is 2.37. The first-order valence-corrected chi connectivity index (χ1v) is 20.2. The molecule has 0 aliphatic heterocycles. The summed E-state index contributed by atoms with van der Waals surface area (Å²) in [5.74, 6) is 3.50. The normalized spacial score (nSPS) is 11.1. The maximum absolute atomic E-state index is 12.8. The van der Waals surface area contributed by atoms with E-state index in [9.17, 15) is 4.79 Å². The number of benzene rings is 8. The molecule has 0 spiro atoms. The number of carbonyl (C=O) groups excluding carboxylic acids is 1. The maximum Gasteiger partial charge on any atom is 0.221 e. The van der Waals surface area contributed by atoms with Gasteiger partial charge in [-0.2, -0.15) is 0 Å². The quantitative estimate of drug-likeness (QED) is 0.0893. The Bertz CT molecular complexity index is 2680. The van der Waals surface area contributed by atoms with Crippen molar-refractivity contribution >= 4 is 59.2 Å². The van der Waals surface area contributed by atoms with E-state index in [0.29, 0.717) is 16.9 Å². The van der Waals surface area contributed by atoms with Crippen LogP contribution in [0.25, 0.3) is 21.5 Å². The largest absolute Gasteiger partial charge is 0.497 e. The first-order chi connectivity index (χ1) is 28.7. The molecule has 0 radical (unpaired) electrons. The Morgan fingerprint density at radius 2 is 0.746 bits per heavy atom. The fourth-order valence-electron chi connectivity index (χ4n) is 6.63. The molecule has 8 rings (SSSR count). The van der Waals surface area contributed by atoms with Crippen LogP contribution in [0, 0.1) is 0 Å². The third-order valence-corrected chi connectivity index (χ3v) is 10.8. The molecule has 296 valence electrons. The predicted molar refractivity (Wildman–Crippen MR) is 241 cm³/mol. The molecule has 9 heteroatoms. The van der Waals surface area contributed by atoms with E-state index < -0.39 is 5.79 Å². The molecule has 0 aliphatic carbocycles. The number of rotatable bonds is 12. The molecule has 8 aromatic carbocycles. The summed E-state index contributed by atoms with van der Waals surface area (Å²) in [7, 11) is 6.60. The molecule has 0 N–H and O–H groups in total. The minimum atomic E-state index is -1.04. The van der Waals surface area contributed by atoms with Gasteiger partial charge in [-0.25, -0.2) is 0 Å².